The largest absolute Gasteiger partial charge is 0.288 e. The van der Waals surface area contributed by atoms with E-state index in [1.807, 2.05) is 0 Å². The Hall–Kier alpha value is -0.980. The first kappa shape index (κ1) is 14.1. The zero-order valence-electron chi connectivity index (χ0n) is 9.43. The Morgan fingerprint density at radius 3 is 2.88 bits per heavy atom. The Labute approximate surface area is 110 Å². The molecule has 0 aromatic heterocycles. The predicted octanol–water partition coefficient (Wildman–Crippen LogP) is 3.59. The minimum absolute atomic E-state index is 0.0873. The zero-order chi connectivity index (χ0) is 12.7. The maximum absolute atomic E-state index is 13.3. The van der Waals surface area contributed by atoms with Crippen LogP contribution < -0.4 is 0 Å². The molecular formula is C13H12ClFOS. The lowest BCUT2D eigenvalue weighted by atomic mass is 10.1. The van der Waals surface area contributed by atoms with Gasteiger partial charge >= 0.3 is 0 Å². The van der Waals surface area contributed by atoms with Crippen molar-refractivity contribution in [2.45, 2.75) is 19.2 Å². The minimum atomic E-state index is -0.329. The third-order valence-electron chi connectivity index (χ3n) is 1.96. The van der Waals surface area contributed by atoms with Crippen molar-refractivity contribution in [2.24, 2.45) is 0 Å². The van der Waals surface area contributed by atoms with Crippen LogP contribution in [0.15, 0.2) is 18.2 Å². The maximum atomic E-state index is 13.3. The molecule has 0 fully saturated rings. The average Bonchev–Trinajstić information content (AvgIpc) is 2.28. The van der Waals surface area contributed by atoms with Crippen LogP contribution in [0.5, 0.6) is 0 Å². The molecule has 0 amide bonds. The summed E-state index contributed by atoms with van der Waals surface area (Å²) in [4.78, 5) is 10.6. The number of rotatable bonds is 3. The van der Waals surface area contributed by atoms with Crippen LogP contribution in [-0.2, 0) is 10.7 Å². The highest BCUT2D eigenvalue weighted by molar-refractivity contribution is 8.13. The van der Waals surface area contributed by atoms with Crippen LogP contribution in [0, 0.1) is 17.7 Å². The van der Waals surface area contributed by atoms with Crippen LogP contribution in [0.4, 0.5) is 4.39 Å². The summed E-state index contributed by atoms with van der Waals surface area (Å²) in [6.45, 7) is 1.53. The summed E-state index contributed by atoms with van der Waals surface area (Å²) in [5.74, 6) is 6.26. The lowest BCUT2D eigenvalue weighted by molar-refractivity contribution is -0.109. The van der Waals surface area contributed by atoms with Gasteiger partial charge in [0.25, 0.3) is 0 Å². The molecule has 0 bridgehead atoms. The summed E-state index contributed by atoms with van der Waals surface area (Å²) in [5.41, 5.74) is 1.11. The molecule has 0 radical (unpaired) electrons. The summed E-state index contributed by atoms with van der Waals surface area (Å²) in [7, 11) is 0. The van der Waals surface area contributed by atoms with Crippen molar-refractivity contribution in [1.29, 1.82) is 0 Å². The molecule has 0 aliphatic carbocycles. The van der Waals surface area contributed by atoms with Crippen molar-refractivity contribution in [1.82, 2.24) is 0 Å². The van der Waals surface area contributed by atoms with Gasteiger partial charge in [-0.3, -0.25) is 4.79 Å². The molecule has 0 aliphatic rings. The number of thioether (sulfide) groups is 1. The second-order valence-electron chi connectivity index (χ2n) is 3.33. The van der Waals surface area contributed by atoms with Crippen molar-refractivity contribution in [2.75, 3.05) is 5.75 Å². The Balaban J connectivity index is 2.54. The van der Waals surface area contributed by atoms with Crippen molar-refractivity contribution < 1.29 is 9.18 Å². The van der Waals surface area contributed by atoms with E-state index >= 15 is 0 Å². The minimum Gasteiger partial charge on any atom is -0.288 e. The third kappa shape index (κ3) is 5.25. The highest BCUT2D eigenvalue weighted by Gasteiger charge is 2.00. The fourth-order valence-corrected chi connectivity index (χ4v) is 1.85. The Morgan fingerprint density at radius 1 is 1.53 bits per heavy atom. The second kappa shape index (κ2) is 7.37. The molecule has 0 aliphatic heterocycles. The van der Waals surface area contributed by atoms with Crippen molar-refractivity contribution in [3.63, 3.8) is 0 Å². The van der Waals surface area contributed by atoms with E-state index in [4.69, 9.17) is 11.6 Å². The second-order valence-corrected chi connectivity index (χ2v) is 4.87. The van der Waals surface area contributed by atoms with Crippen molar-refractivity contribution in [3.05, 3.63) is 35.1 Å². The first-order chi connectivity index (χ1) is 8.13. The maximum Gasteiger partial charge on any atom is 0.185 e. The highest BCUT2D eigenvalue weighted by Crippen LogP contribution is 2.12. The van der Waals surface area contributed by atoms with Crippen LogP contribution in [0.25, 0.3) is 0 Å². The third-order valence-corrected chi connectivity index (χ3v) is 3.06. The average molecular weight is 271 g/mol. The Kier molecular flexibility index (Phi) is 6.10. The van der Waals surface area contributed by atoms with E-state index in [1.165, 1.54) is 24.8 Å². The number of carbonyl (C=O) groups excluding carboxylic acids is 1. The van der Waals surface area contributed by atoms with Crippen LogP contribution in [0.3, 0.4) is 0 Å². The molecule has 1 aromatic rings. The molecule has 4 heteroatoms. The Bertz CT molecular complexity index is 462. The molecule has 0 saturated heterocycles. The predicted molar refractivity (Wildman–Crippen MR) is 70.6 cm³/mol. The SMILES string of the molecule is CC(=O)SCCC#Cc1ccc(CCl)c(F)c1. The van der Waals surface area contributed by atoms with Gasteiger partial charge in [0, 0.05) is 30.2 Å². The summed E-state index contributed by atoms with van der Waals surface area (Å²) < 4.78 is 13.3. The zero-order valence-corrected chi connectivity index (χ0v) is 11.0. The van der Waals surface area contributed by atoms with Crippen molar-refractivity contribution in [3.8, 4) is 11.8 Å². The Morgan fingerprint density at radius 2 is 2.29 bits per heavy atom. The van der Waals surface area contributed by atoms with Crippen LogP contribution in [0.2, 0.25) is 0 Å². The molecular weight excluding hydrogens is 259 g/mol. The smallest absolute Gasteiger partial charge is 0.185 e. The molecule has 0 saturated carbocycles. The van der Waals surface area contributed by atoms with Gasteiger partial charge in [0.15, 0.2) is 5.12 Å². The molecule has 0 atom stereocenters. The molecule has 0 N–H and O–H groups in total. The first-order valence-corrected chi connectivity index (χ1v) is 6.62. The molecule has 1 aromatic carbocycles. The van der Waals surface area contributed by atoms with Gasteiger partial charge in [-0.15, -0.1) is 11.6 Å². The van der Waals surface area contributed by atoms with Crippen LogP contribution >= 0.6 is 23.4 Å². The standard InChI is InChI=1S/C13H12ClFOS/c1-10(16)17-7-3-2-4-11-5-6-12(9-14)13(15)8-11/h5-6,8H,3,7,9H2,1H3. The van der Waals surface area contributed by atoms with E-state index in [9.17, 15) is 9.18 Å². The number of hydrogen-bond donors (Lipinski definition) is 0. The number of benzene rings is 1. The first-order valence-electron chi connectivity index (χ1n) is 5.10. The molecule has 1 rings (SSSR count). The van der Waals surface area contributed by atoms with Gasteiger partial charge in [0.1, 0.15) is 5.82 Å². The highest BCUT2D eigenvalue weighted by atomic mass is 35.5. The summed E-state index contributed by atoms with van der Waals surface area (Å²) in [6.07, 6.45) is 0.614. The molecule has 17 heavy (non-hydrogen) atoms. The normalized spacial score (nSPS) is 9.59. The van der Waals surface area contributed by atoms with E-state index in [2.05, 4.69) is 11.8 Å². The monoisotopic (exact) mass is 270 g/mol. The van der Waals surface area contributed by atoms with E-state index in [1.54, 1.807) is 12.1 Å². The van der Waals surface area contributed by atoms with Crippen molar-refractivity contribution >= 4 is 28.5 Å². The molecule has 0 unspecified atom stereocenters. The number of halogens is 2. The van der Waals surface area contributed by atoms with Gasteiger partial charge in [-0.05, 0) is 12.1 Å². The molecule has 0 heterocycles. The van der Waals surface area contributed by atoms with E-state index in [0.29, 0.717) is 23.3 Å². The van der Waals surface area contributed by atoms with Gasteiger partial charge in [0.05, 0.1) is 5.88 Å². The van der Waals surface area contributed by atoms with Crippen LogP contribution in [0.1, 0.15) is 24.5 Å². The van der Waals surface area contributed by atoms with Gasteiger partial charge in [0.2, 0.25) is 0 Å². The summed E-state index contributed by atoms with van der Waals surface area (Å²) in [5, 5.41) is 0.0873. The van der Waals surface area contributed by atoms with Gasteiger partial charge in [-0.25, -0.2) is 4.39 Å². The number of carbonyl (C=O) groups is 1. The van der Waals surface area contributed by atoms with Gasteiger partial charge in [-0.2, -0.15) is 0 Å². The van der Waals surface area contributed by atoms with Crippen LogP contribution in [-0.4, -0.2) is 10.9 Å². The number of alkyl halides is 1. The summed E-state index contributed by atoms with van der Waals surface area (Å²) in [6, 6.07) is 4.76. The topological polar surface area (TPSA) is 17.1 Å². The fourth-order valence-electron chi connectivity index (χ4n) is 1.14. The molecule has 0 spiro atoms. The summed E-state index contributed by atoms with van der Waals surface area (Å²) >= 11 is 6.79. The lowest BCUT2D eigenvalue weighted by Gasteiger charge is -1.98. The molecule has 90 valence electrons. The van der Waals surface area contributed by atoms with E-state index in [0.717, 1.165) is 0 Å². The molecule has 1 nitrogen and oxygen atoms in total. The number of hydrogen-bond acceptors (Lipinski definition) is 2. The van der Waals surface area contributed by atoms with Gasteiger partial charge in [-0.1, -0.05) is 29.7 Å². The van der Waals surface area contributed by atoms with E-state index < -0.39 is 0 Å². The van der Waals surface area contributed by atoms with E-state index in [-0.39, 0.29) is 16.8 Å². The van der Waals surface area contributed by atoms with Gasteiger partial charge < -0.3 is 0 Å². The lowest BCUT2D eigenvalue weighted by Crippen LogP contribution is -1.87. The quantitative estimate of drug-likeness (QED) is 0.474. The fraction of sp³-hybridized carbons (Fsp3) is 0.308.